The van der Waals surface area contributed by atoms with E-state index in [4.69, 9.17) is 5.73 Å². The molecule has 0 spiro atoms. The Morgan fingerprint density at radius 3 is 2.57 bits per heavy atom. The van der Waals surface area contributed by atoms with Crippen LogP contribution in [-0.2, 0) is 0 Å². The standard InChI is InChI=1S/C5H10N2/c1-5(6)3-4-7-2/h3-4,7H,1,6H2,2H3/b4-3-. The third kappa shape index (κ3) is 5.08. The normalized spacial score (nSPS) is 9.29. The highest BCUT2D eigenvalue weighted by Gasteiger charge is 1.66. The maximum atomic E-state index is 5.16. The monoisotopic (exact) mass is 98.1 g/mol. The minimum Gasteiger partial charge on any atom is -0.399 e. The van der Waals surface area contributed by atoms with Crippen LogP contribution < -0.4 is 11.1 Å². The summed E-state index contributed by atoms with van der Waals surface area (Å²) in [7, 11) is 1.80. The van der Waals surface area contributed by atoms with Crippen molar-refractivity contribution in [3.63, 3.8) is 0 Å². The van der Waals surface area contributed by atoms with Gasteiger partial charge in [0.1, 0.15) is 0 Å². The van der Waals surface area contributed by atoms with Crippen LogP contribution in [0.15, 0.2) is 24.6 Å². The Morgan fingerprint density at radius 1 is 1.86 bits per heavy atom. The van der Waals surface area contributed by atoms with Crippen LogP contribution in [-0.4, -0.2) is 7.05 Å². The van der Waals surface area contributed by atoms with Crippen LogP contribution in [0, 0.1) is 0 Å². The Bertz CT molecular complexity index is 84.1. The molecule has 3 N–H and O–H groups in total. The van der Waals surface area contributed by atoms with E-state index < -0.39 is 0 Å². The number of nitrogens with two attached hydrogens (primary N) is 1. The van der Waals surface area contributed by atoms with Crippen LogP contribution >= 0.6 is 0 Å². The van der Waals surface area contributed by atoms with Crippen LogP contribution in [0.4, 0.5) is 0 Å². The Labute approximate surface area is 43.7 Å². The first kappa shape index (κ1) is 6.08. The molecule has 2 heteroatoms. The molecule has 7 heavy (non-hydrogen) atoms. The maximum Gasteiger partial charge on any atom is 0.0255 e. The van der Waals surface area contributed by atoms with Gasteiger partial charge in [-0.15, -0.1) is 0 Å². The number of nitrogens with one attached hydrogen (secondary N) is 1. The third-order valence-electron chi connectivity index (χ3n) is 0.464. The van der Waals surface area contributed by atoms with E-state index in [1.54, 1.807) is 19.3 Å². The SMILES string of the molecule is C=C(N)/C=C\NC. The van der Waals surface area contributed by atoms with Crippen molar-refractivity contribution in [1.82, 2.24) is 5.32 Å². The van der Waals surface area contributed by atoms with Crippen molar-refractivity contribution in [1.29, 1.82) is 0 Å². The van der Waals surface area contributed by atoms with Gasteiger partial charge in [-0.1, -0.05) is 6.58 Å². The summed E-state index contributed by atoms with van der Waals surface area (Å²) in [4.78, 5) is 0. The molecule has 40 valence electrons. The molecule has 0 fully saturated rings. The Hall–Kier alpha value is -0.920. The van der Waals surface area contributed by atoms with Crippen molar-refractivity contribution >= 4 is 0 Å². The van der Waals surface area contributed by atoms with E-state index in [1.807, 2.05) is 0 Å². The van der Waals surface area contributed by atoms with Crippen molar-refractivity contribution in [3.05, 3.63) is 24.6 Å². The molecule has 0 radical (unpaired) electrons. The summed E-state index contributed by atoms with van der Waals surface area (Å²) >= 11 is 0. The average Bonchev–Trinajstić information content (AvgIpc) is 1.61. The molecule has 0 aliphatic carbocycles. The fourth-order valence-corrected chi connectivity index (χ4v) is 0.190. The molecule has 0 saturated heterocycles. The van der Waals surface area contributed by atoms with Crippen molar-refractivity contribution < 1.29 is 0 Å². The van der Waals surface area contributed by atoms with Gasteiger partial charge in [-0.05, 0) is 12.3 Å². The quantitative estimate of drug-likeness (QED) is 0.484. The molecule has 0 rings (SSSR count). The molecule has 2 nitrogen and oxygen atoms in total. The van der Waals surface area contributed by atoms with Crippen molar-refractivity contribution in [2.24, 2.45) is 5.73 Å². The molecule has 0 aromatic heterocycles. The van der Waals surface area contributed by atoms with E-state index in [1.165, 1.54) is 0 Å². The number of hydrogen-bond acceptors (Lipinski definition) is 2. The van der Waals surface area contributed by atoms with Crippen LogP contribution in [0.2, 0.25) is 0 Å². The van der Waals surface area contributed by atoms with Crippen molar-refractivity contribution in [2.75, 3.05) is 7.05 Å². The molecule has 0 amide bonds. The molecule has 0 saturated carbocycles. The largest absolute Gasteiger partial charge is 0.399 e. The van der Waals surface area contributed by atoms with Crippen LogP contribution in [0.5, 0.6) is 0 Å². The van der Waals surface area contributed by atoms with Gasteiger partial charge in [-0.3, -0.25) is 0 Å². The molecular formula is C5H10N2. The second-order valence-electron chi connectivity index (χ2n) is 1.20. The zero-order valence-corrected chi connectivity index (χ0v) is 4.44. The summed E-state index contributed by atoms with van der Waals surface area (Å²) in [6.07, 6.45) is 3.42. The average molecular weight is 98.1 g/mol. The highest BCUT2D eigenvalue weighted by atomic mass is 14.8. The lowest BCUT2D eigenvalue weighted by Gasteiger charge is -1.84. The van der Waals surface area contributed by atoms with E-state index in [9.17, 15) is 0 Å². The predicted molar refractivity (Wildman–Crippen MR) is 31.5 cm³/mol. The van der Waals surface area contributed by atoms with Crippen LogP contribution in [0.1, 0.15) is 0 Å². The van der Waals surface area contributed by atoms with Crippen LogP contribution in [0.3, 0.4) is 0 Å². The first-order valence-electron chi connectivity index (χ1n) is 2.05. The van der Waals surface area contributed by atoms with Gasteiger partial charge in [0.15, 0.2) is 0 Å². The Balaban J connectivity index is 3.26. The second-order valence-corrected chi connectivity index (χ2v) is 1.20. The Kier molecular flexibility index (Phi) is 2.85. The molecule has 0 atom stereocenters. The van der Waals surface area contributed by atoms with Gasteiger partial charge in [0.2, 0.25) is 0 Å². The smallest absolute Gasteiger partial charge is 0.0255 e. The van der Waals surface area contributed by atoms with Gasteiger partial charge in [-0.2, -0.15) is 0 Å². The zero-order valence-electron chi connectivity index (χ0n) is 4.44. The van der Waals surface area contributed by atoms with Gasteiger partial charge in [-0.25, -0.2) is 0 Å². The molecule has 0 aromatic carbocycles. The Morgan fingerprint density at radius 2 is 2.43 bits per heavy atom. The first-order chi connectivity index (χ1) is 3.27. The molecule has 0 unspecified atom stereocenters. The highest BCUT2D eigenvalue weighted by molar-refractivity contribution is 5.08. The van der Waals surface area contributed by atoms with Crippen molar-refractivity contribution in [2.45, 2.75) is 0 Å². The second kappa shape index (κ2) is 3.28. The summed E-state index contributed by atoms with van der Waals surface area (Å²) in [6.45, 7) is 3.44. The fourth-order valence-electron chi connectivity index (χ4n) is 0.190. The lowest BCUT2D eigenvalue weighted by Crippen LogP contribution is -1.95. The van der Waals surface area contributed by atoms with E-state index in [0.717, 1.165) is 0 Å². The molecule has 0 aromatic rings. The van der Waals surface area contributed by atoms with Gasteiger partial charge in [0.25, 0.3) is 0 Å². The number of hydrogen-bond donors (Lipinski definition) is 2. The lowest BCUT2D eigenvalue weighted by atomic mass is 10.5. The number of rotatable bonds is 2. The summed E-state index contributed by atoms with van der Waals surface area (Å²) < 4.78 is 0. The van der Waals surface area contributed by atoms with E-state index in [-0.39, 0.29) is 0 Å². The first-order valence-corrected chi connectivity index (χ1v) is 2.05. The fraction of sp³-hybridized carbons (Fsp3) is 0.200. The van der Waals surface area contributed by atoms with Gasteiger partial charge in [0.05, 0.1) is 0 Å². The molecule has 0 bridgehead atoms. The van der Waals surface area contributed by atoms with Gasteiger partial charge in [0, 0.05) is 12.7 Å². The lowest BCUT2D eigenvalue weighted by molar-refractivity contribution is 1.10. The van der Waals surface area contributed by atoms with Gasteiger partial charge < -0.3 is 11.1 Å². The highest BCUT2D eigenvalue weighted by Crippen LogP contribution is 1.74. The van der Waals surface area contributed by atoms with Crippen molar-refractivity contribution in [3.8, 4) is 0 Å². The van der Waals surface area contributed by atoms with E-state index >= 15 is 0 Å². The van der Waals surface area contributed by atoms with E-state index in [0.29, 0.717) is 5.70 Å². The third-order valence-corrected chi connectivity index (χ3v) is 0.464. The summed E-state index contributed by atoms with van der Waals surface area (Å²) in [5.74, 6) is 0. The maximum absolute atomic E-state index is 5.16. The molecular weight excluding hydrogens is 88.1 g/mol. The minimum atomic E-state index is 0.564. The van der Waals surface area contributed by atoms with Crippen LogP contribution in [0.25, 0.3) is 0 Å². The molecule has 0 aliphatic rings. The predicted octanol–water partition coefficient (Wildman–Crippen LogP) is 0.192. The summed E-state index contributed by atoms with van der Waals surface area (Å²) in [5.41, 5.74) is 5.72. The summed E-state index contributed by atoms with van der Waals surface area (Å²) in [5, 5.41) is 2.78. The minimum absolute atomic E-state index is 0.564. The van der Waals surface area contributed by atoms with Gasteiger partial charge >= 0.3 is 0 Å². The number of allylic oxidation sites excluding steroid dienone is 1. The zero-order chi connectivity index (χ0) is 5.70. The topological polar surface area (TPSA) is 38.0 Å². The molecule has 0 heterocycles. The molecule has 0 aliphatic heterocycles. The summed E-state index contributed by atoms with van der Waals surface area (Å²) in [6, 6.07) is 0. The van der Waals surface area contributed by atoms with E-state index in [2.05, 4.69) is 11.9 Å².